The summed E-state index contributed by atoms with van der Waals surface area (Å²) in [5, 5.41) is 15.1. The van der Waals surface area contributed by atoms with Crippen molar-refractivity contribution in [1.29, 1.82) is 5.26 Å². The molecule has 0 saturated heterocycles. The number of hydrogen-bond donors (Lipinski definition) is 3. The molecule has 0 fully saturated rings. The monoisotopic (exact) mass is 165 g/mol. The van der Waals surface area contributed by atoms with Gasteiger partial charge in [0.2, 0.25) is 0 Å². The first-order valence-electron chi connectivity index (χ1n) is 3.50. The Kier molecular flexibility index (Phi) is 1.78. The van der Waals surface area contributed by atoms with Gasteiger partial charge in [0.05, 0.1) is 11.2 Å². The summed E-state index contributed by atoms with van der Waals surface area (Å²) in [6.07, 6.45) is 0. The lowest BCUT2D eigenvalue weighted by atomic mass is 9.99. The molecule has 5 heteroatoms. The van der Waals surface area contributed by atoms with E-state index in [-0.39, 0.29) is 5.82 Å². The van der Waals surface area contributed by atoms with Gasteiger partial charge in [-0.15, -0.1) is 0 Å². The van der Waals surface area contributed by atoms with Gasteiger partial charge in [-0.3, -0.25) is 5.10 Å². The molecule has 0 radical (unpaired) electrons. The van der Waals surface area contributed by atoms with E-state index in [0.29, 0.717) is 11.3 Å². The van der Waals surface area contributed by atoms with Gasteiger partial charge in [-0.2, -0.15) is 10.4 Å². The van der Waals surface area contributed by atoms with Crippen molar-refractivity contribution in [2.24, 2.45) is 5.73 Å². The van der Waals surface area contributed by atoms with Gasteiger partial charge >= 0.3 is 0 Å². The summed E-state index contributed by atoms with van der Waals surface area (Å²) in [6, 6.07) is 1.95. The summed E-state index contributed by atoms with van der Waals surface area (Å²) in [6.45, 7) is 3.56. The summed E-state index contributed by atoms with van der Waals surface area (Å²) >= 11 is 0. The van der Waals surface area contributed by atoms with Crippen LogP contribution in [0.3, 0.4) is 0 Å². The number of rotatable bonds is 1. The second-order valence-corrected chi connectivity index (χ2v) is 3.19. The van der Waals surface area contributed by atoms with Crippen molar-refractivity contribution < 1.29 is 0 Å². The Morgan fingerprint density at radius 3 is 2.50 bits per heavy atom. The zero-order valence-corrected chi connectivity index (χ0v) is 7.05. The fraction of sp³-hybridized carbons (Fsp3) is 0.429. The van der Waals surface area contributed by atoms with Gasteiger partial charge in [0, 0.05) is 0 Å². The van der Waals surface area contributed by atoms with Crippen LogP contribution in [0.15, 0.2) is 0 Å². The van der Waals surface area contributed by atoms with Crippen LogP contribution in [0.5, 0.6) is 0 Å². The highest BCUT2D eigenvalue weighted by Crippen LogP contribution is 2.21. The normalized spacial score (nSPS) is 11.2. The minimum atomic E-state index is -0.615. The molecule has 1 heterocycles. The van der Waals surface area contributed by atoms with Crippen molar-refractivity contribution in [2.75, 3.05) is 5.73 Å². The van der Waals surface area contributed by atoms with Crippen LogP contribution >= 0.6 is 0 Å². The van der Waals surface area contributed by atoms with Crippen LogP contribution in [0, 0.1) is 11.3 Å². The lowest BCUT2D eigenvalue weighted by molar-refractivity contribution is 0.532. The molecule has 64 valence electrons. The maximum Gasteiger partial charge on any atom is 0.163 e. The van der Waals surface area contributed by atoms with E-state index in [0.717, 1.165) is 0 Å². The predicted molar refractivity (Wildman–Crippen MR) is 44.9 cm³/mol. The molecular weight excluding hydrogens is 154 g/mol. The summed E-state index contributed by atoms with van der Waals surface area (Å²) < 4.78 is 0. The van der Waals surface area contributed by atoms with Crippen molar-refractivity contribution in [3.63, 3.8) is 0 Å². The molecular formula is C7H11N5. The van der Waals surface area contributed by atoms with E-state index >= 15 is 0 Å². The van der Waals surface area contributed by atoms with Crippen molar-refractivity contribution in [1.82, 2.24) is 10.2 Å². The van der Waals surface area contributed by atoms with E-state index in [9.17, 15) is 0 Å². The van der Waals surface area contributed by atoms with Crippen molar-refractivity contribution in [3.8, 4) is 6.07 Å². The molecule has 0 atom stereocenters. The highest BCUT2D eigenvalue weighted by molar-refractivity contribution is 5.52. The summed E-state index contributed by atoms with van der Waals surface area (Å²) in [5.74, 6) is 0.200. The molecule has 0 amide bonds. The van der Waals surface area contributed by atoms with Crippen molar-refractivity contribution >= 4 is 5.82 Å². The molecule has 1 aromatic rings. The SMILES string of the molecule is CC(C)(N)c1[nH]nc(N)c1C#N. The number of H-pyrrole nitrogens is 1. The molecule has 5 nitrogen and oxygen atoms in total. The molecule has 0 aliphatic heterocycles. The maximum atomic E-state index is 8.71. The van der Waals surface area contributed by atoms with Gasteiger partial charge in [0.25, 0.3) is 0 Å². The molecule has 12 heavy (non-hydrogen) atoms. The average molecular weight is 165 g/mol. The highest BCUT2D eigenvalue weighted by Gasteiger charge is 2.22. The van der Waals surface area contributed by atoms with Crippen molar-refractivity contribution in [3.05, 3.63) is 11.3 Å². The van der Waals surface area contributed by atoms with Gasteiger partial charge in [0.1, 0.15) is 11.6 Å². The van der Waals surface area contributed by atoms with E-state index in [1.807, 2.05) is 6.07 Å². The van der Waals surface area contributed by atoms with Crippen LogP contribution in [-0.4, -0.2) is 10.2 Å². The van der Waals surface area contributed by atoms with Crippen LogP contribution in [0.4, 0.5) is 5.82 Å². The van der Waals surface area contributed by atoms with Crippen molar-refractivity contribution in [2.45, 2.75) is 19.4 Å². The van der Waals surface area contributed by atoms with E-state index in [1.54, 1.807) is 13.8 Å². The first kappa shape index (κ1) is 8.56. The van der Waals surface area contributed by atoms with E-state index in [2.05, 4.69) is 10.2 Å². The number of nitrogen functional groups attached to an aromatic ring is 1. The Morgan fingerprint density at radius 1 is 1.58 bits per heavy atom. The lowest BCUT2D eigenvalue weighted by Gasteiger charge is -2.15. The molecule has 0 unspecified atom stereocenters. The average Bonchev–Trinajstić information content (AvgIpc) is 2.29. The van der Waals surface area contributed by atoms with E-state index < -0.39 is 5.54 Å². The fourth-order valence-electron chi connectivity index (χ4n) is 0.935. The number of anilines is 1. The molecule has 0 aromatic carbocycles. The van der Waals surface area contributed by atoms with Crippen LogP contribution in [-0.2, 0) is 5.54 Å². The molecule has 0 saturated carbocycles. The molecule has 5 N–H and O–H groups in total. The smallest absolute Gasteiger partial charge is 0.163 e. The van der Waals surface area contributed by atoms with Gasteiger partial charge in [-0.1, -0.05) is 0 Å². The van der Waals surface area contributed by atoms with Gasteiger partial charge in [-0.05, 0) is 13.8 Å². The Bertz CT molecular complexity index is 325. The van der Waals surface area contributed by atoms with Gasteiger partial charge in [0.15, 0.2) is 5.82 Å². The number of aromatic nitrogens is 2. The standard InChI is InChI=1S/C7H11N5/c1-7(2,10)5-4(3-8)6(9)12-11-5/h10H2,1-2H3,(H3,9,11,12). The largest absolute Gasteiger partial charge is 0.381 e. The topological polar surface area (TPSA) is 105 Å². The molecule has 0 aliphatic rings. The predicted octanol–water partition coefficient (Wildman–Crippen LogP) is 0.0574. The third kappa shape index (κ3) is 1.24. The summed E-state index contributed by atoms with van der Waals surface area (Å²) in [4.78, 5) is 0. The van der Waals surface area contributed by atoms with Gasteiger partial charge in [-0.25, -0.2) is 0 Å². The summed E-state index contributed by atoms with van der Waals surface area (Å²) in [5.41, 5.74) is 11.5. The summed E-state index contributed by atoms with van der Waals surface area (Å²) in [7, 11) is 0. The second-order valence-electron chi connectivity index (χ2n) is 3.19. The van der Waals surface area contributed by atoms with E-state index in [1.165, 1.54) is 0 Å². The molecule has 1 aromatic heterocycles. The van der Waals surface area contributed by atoms with Gasteiger partial charge < -0.3 is 11.5 Å². The third-order valence-corrected chi connectivity index (χ3v) is 1.55. The Hall–Kier alpha value is -1.54. The first-order chi connectivity index (χ1) is 5.46. The number of nitriles is 1. The number of aromatic amines is 1. The second kappa shape index (κ2) is 2.50. The van der Waals surface area contributed by atoms with Crippen LogP contribution in [0.2, 0.25) is 0 Å². The van der Waals surface area contributed by atoms with E-state index in [4.69, 9.17) is 16.7 Å². The maximum absolute atomic E-state index is 8.71. The molecule has 0 bridgehead atoms. The minimum absolute atomic E-state index is 0.200. The van der Waals surface area contributed by atoms with Crippen LogP contribution in [0.25, 0.3) is 0 Å². The molecule has 0 spiro atoms. The number of nitrogens with two attached hydrogens (primary N) is 2. The highest BCUT2D eigenvalue weighted by atomic mass is 15.2. The third-order valence-electron chi connectivity index (χ3n) is 1.55. The molecule has 0 aliphatic carbocycles. The number of nitrogens with zero attached hydrogens (tertiary/aromatic N) is 2. The zero-order valence-electron chi connectivity index (χ0n) is 7.05. The lowest BCUT2D eigenvalue weighted by Crippen LogP contribution is -2.30. The van der Waals surface area contributed by atoms with Crippen LogP contribution in [0.1, 0.15) is 25.1 Å². The first-order valence-corrected chi connectivity index (χ1v) is 3.50. The Balaban J connectivity index is 3.28. The fourth-order valence-corrected chi connectivity index (χ4v) is 0.935. The Labute approximate surface area is 70.4 Å². The number of nitrogens with one attached hydrogen (secondary N) is 1. The Morgan fingerprint density at radius 2 is 2.17 bits per heavy atom. The quantitative estimate of drug-likeness (QED) is 0.547. The van der Waals surface area contributed by atoms with Crippen LogP contribution < -0.4 is 11.5 Å². The molecule has 1 rings (SSSR count). The minimum Gasteiger partial charge on any atom is -0.381 e. The number of hydrogen-bond acceptors (Lipinski definition) is 4. The zero-order chi connectivity index (χ0) is 9.35.